The molecule has 0 saturated heterocycles. The van der Waals surface area contributed by atoms with Crippen LogP contribution in [0.15, 0.2) is 0 Å². The maximum absolute atomic E-state index is 5.49. The molecule has 1 atom stereocenters. The molecule has 0 bridgehead atoms. The summed E-state index contributed by atoms with van der Waals surface area (Å²) in [7, 11) is 1.79. The van der Waals surface area contributed by atoms with Gasteiger partial charge in [0.05, 0.1) is 5.60 Å². The van der Waals surface area contributed by atoms with Gasteiger partial charge in [0.1, 0.15) is 0 Å². The molecule has 0 radical (unpaired) electrons. The molecule has 13 heavy (non-hydrogen) atoms. The van der Waals surface area contributed by atoms with E-state index in [1.165, 1.54) is 19.3 Å². The highest BCUT2D eigenvalue weighted by atomic mass is 16.5. The second kappa shape index (κ2) is 6.39. The summed E-state index contributed by atoms with van der Waals surface area (Å²) in [6.45, 7) is 9.78. The highest BCUT2D eigenvalue weighted by molar-refractivity contribution is 4.84. The molecule has 0 aliphatic heterocycles. The molecule has 0 heterocycles. The SMILES string of the molecule is CCCNC(CCC)C(C)(C)OC. The fourth-order valence-electron chi connectivity index (χ4n) is 1.44. The van der Waals surface area contributed by atoms with Crippen LogP contribution in [0.3, 0.4) is 0 Å². The summed E-state index contributed by atoms with van der Waals surface area (Å²) in [6, 6.07) is 0.474. The van der Waals surface area contributed by atoms with Gasteiger partial charge < -0.3 is 10.1 Å². The molecule has 1 N–H and O–H groups in total. The molecule has 80 valence electrons. The van der Waals surface area contributed by atoms with Gasteiger partial charge in [-0.2, -0.15) is 0 Å². The lowest BCUT2D eigenvalue weighted by Crippen LogP contribution is -2.48. The molecule has 0 aromatic rings. The maximum atomic E-state index is 5.49. The van der Waals surface area contributed by atoms with Crippen molar-refractivity contribution in [3.8, 4) is 0 Å². The first-order valence-electron chi connectivity index (χ1n) is 5.37. The van der Waals surface area contributed by atoms with Gasteiger partial charge in [0.2, 0.25) is 0 Å². The van der Waals surface area contributed by atoms with Gasteiger partial charge in [0, 0.05) is 13.2 Å². The number of nitrogens with one attached hydrogen (secondary N) is 1. The van der Waals surface area contributed by atoms with Gasteiger partial charge in [0.25, 0.3) is 0 Å². The minimum absolute atomic E-state index is 0.0504. The third-order valence-corrected chi connectivity index (χ3v) is 2.58. The summed E-state index contributed by atoms with van der Waals surface area (Å²) in [5, 5.41) is 3.54. The largest absolute Gasteiger partial charge is 0.377 e. The normalized spacial score (nSPS) is 14.5. The van der Waals surface area contributed by atoms with E-state index in [9.17, 15) is 0 Å². The zero-order valence-corrected chi connectivity index (χ0v) is 9.81. The quantitative estimate of drug-likeness (QED) is 0.661. The Bertz CT molecular complexity index is 123. The van der Waals surface area contributed by atoms with Crippen LogP contribution < -0.4 is 5.32 Å². The van der Waals surface area contributed by atoms with Crippen LogP contribution >= 0.6 is 0 Å². The van der Waals surface area contributed by atoms with E-state index in [4.69, 9.17) is 4.74 Å². The summed E-state index contributed by atoms with van der Waals surface area (Å²) >= 11 is 0. The van der Waals surface area contributed by atoms with Crippen LogP contribution in [-0.4, -0.2) is 25.3 Å². The van der Waals surface area contributed by atoms with E-state index in [-0.39, 0.29) is 5.60 Å². The lowest BCUT2D eigenvalue weighted by molar-refractivity contribution is -0.0126. The van der Waals surface area contributed by atoms with Crippen LogP contribution in [0.25, 0.3) is 0 Å². The second-order valence-corrected chi connectivity index (χ2v) is 4.10. The molecular formula is C11H25NO. The fraction of sp³-hybridized carbons (Fsp3) is 1.00. The van der Waals surface area contributed by atoms with Crippen LogP contribution in [0.5, 0.6) is 0 Å². The van der Waals surface area contributed by atoms with E-state index in [2.05, 4.69) is 33.0 Å². The Hall–Kier alpha value is -0.0800. The summed E-state index contributed by atoms with van der Waals surface area (Å²) in [6.07, 6.45) is 3.56. The maximum Gasteiger partial charge on any atom is 0.0774 e. The molecule has 1 unspecified atom stereocenters. The van der Waals surface area contributed by atoms with E-state index < -0.39 is 0 Å². The van der Waals surface area contributed by atoms with Crippen molar-refractivity contribution in [2.75, 3.05) is 13.7 Å². The van der Waals surface area contributed by atoms with Gasteiger partial charge in [-0.05, 0) is 33.2 Å². The van der Waals surface area contributed by atoms with Crippen molar-refractivity contribution in [1.82, 2.24) is 5.32 Å². The molecule has 2 heteroatoms. The Balaban J connectivity index is 4.05. The van der Waals surface area contributed by atoms with E-state index in [0.717, 1.165) is 6.54 Å². The van der Waals surface area contributed by atoms with Crippen LogP contribution in [0.1, 0.15) is 47.0 Å². The molecule has 0 aliphatic rings. The third kappa shape index (κ3) is 4.63. The van der Waals surface area contributed by atoms with Crippen molar-refractivity contribution in [2.24, 2.45) is 0 Å². The van der Waals surface area contributed by atoms with Crippen molar-refractivity contribution >= 4 is 0 Å². The molecular weight excluding hydrogens is 162 g/mol. The number of hydrogen-bond donors (Lipinski definition) is 1. The molecule has 0 aromatic heterocycles. The lowest BCUT2D eigenvalue weighted by Gasteiger charge is -2.33. The van der Waals surface area contributed by atoms with Crippen LogP contribution in [0, 0.1) is 0 Å². The summed E-state index contributed by atoms with van der Waals surface area (Å²) in [5.41, 5.74) is -0.0504. The Kier molecular flexibility index (Phi) is 6.35. The standard InChI is InChI=1S/C11H25NO/c1-6-8-10(12-9-7-2)11(3,4)13-5/h10,12H,6-9H2,1-5H3. The zero-order valence-electron chi connectivity index (χ0n) is 9.81. The first-order valence-corrected chi connectivity index (χ1v) is 5.37. The Morgan fingerprint density at radius 2 is 1.85 bits per heavy atom. The monoisotopic (exact) mass is 187 g/mol. The lowest BCUT2D eigenvalue weighted by atomic mass is 9.94. The molecule has 0 amide bonds. The summed E-state index contributed by atoms with van der Waals surface area (Å²) in [5.74, 6) is 0. The molecule has 0 aliphatic carbocycles. The number of hydrogen-bond acceptors (Lipinski definition) is 2. The van der Waals surface area contributed by atoms with Gasteiger partial charge in [-0.25, -0.2) is 0 Å². The first-order chi connectivity index (χ1) is 6.08. The molecule has 0 saturated carbocycles. The number of ether oxygens (including phenoxy) is 1. The van der Waals surface area contributed by atoms with E-state index in [0.29, 0.717) is 6.04 Å². The number of methoxy groups -OCH3 is 1. The highest BCUT2D eigenvalue weighted by Crippen LogP contribution is 2.17. The minimum Gasteiger partial charge on any atom is -0.377 e. The molecule has 0 spiro atoms. The predicted octanol–water partition coefficient (Wildman–Crippen LogP) is 2.58. The second-order valence-electron chi connectivity index (χ2n) is 4.10. The van der Waals surface area contributed by atoms with E-state index in [1.54, 1.807) is 7.11 Å². The smallest absolute Gasteiger partial charge is 0.0774 e. The van der Waals surface area contributed by atoms with Crippen LogP contribution in [-0.2, 0) is 4.74 Å². The van der Waals surface area contributed by atoms with E-state index >= 15 is 0 Å². The van der Waals surface area contributed by atoms with Gasteiger partial charge in [0.15, 0.2) is 0 Å². The fourth-order valence-corrected chi connectivity index (χ4v) is 1.44. The summed E-state index contributed by atoms with van der Waals surface area (Å²) < 4.78 is 5.49. The Morgan fingerprint density at radius 1 is 1.23 bits per heavy atom. The van der Waals surface area contributed by atoms with Crippen molar-refractivity contribution in [2.45, 2.75) is 58.6 Å². The topological polar surface area (TPSA) is 21.3 Å². The highest BCUT2D eigenvalue weighted by Gasteiger charge is 2.27. The average Bonchev–Trinajstić information content (AvgIpc) is 2.12. The predicted molar refractivity (Wildman–Crippen MR) is 58.1 cm³/mol. The molecule has 0 rings (SSSR count). The van der Waals surface area contributed by atoms with Crippen molar-refractivity contribution in [3.63, 3.8) is 0 Å². The van der Waals surface area contributed by atoms with Crippen LogP contribution in [0.4, 0.5) is 0 Å². The van der Waals surface area contributed by atoms with E-state index in [1.807, 2.05) is 0 Å². The summed E-state index contributed by atoms with van der Waals surface area (Å²) in [4.78, 5) is 0. The van der Waals surface area contributed by atoms with Crippen LogP contribution in [0.2, 0.25) is 0 Å². The van der Waals surface area contributed by atoms with Gasteiger partial charge >= 0.3 is 0 Å². The Labute approximate surface area is 83.1 Å². The first kappa shape index (κ1) is 12.9. The van der Waals surface area contributed by atoms with Gasteiger partial charge in [-0.1, -0.05) is 20.3 Å². The molecule has 0 fully saturated rings. The molecule has 0 aromatic carbocycles. The third-order valence-electron chi connectivity index (χ3n) is 2.58. The van der Waals surface area contributed by atoms with Crippen molar-refractivity contribution in [3.05, 3.63) is 0 Å². The minimum atomic E-state index is -0.0504. The van der Waals surface area contributed by atoms with Gasteiger partial charge in [-0.3, -0.25) is 0 Å². The van der Waals surface area contributed by atoms with Gasteiger partial charge in [-0.15, -0.1) is 0 Å². The average molecular weight is 187 g/mol. The van der Waals surface area contributed by atoms with Crippen molar-refractivity contribution < 1.29 is 4.74 Å². The zero-order chi connectivity index (χ0) is 10.3. The molecule has 2 nitrogen and oxygen atoms in total. The Morgan fingerprint density at radius 3 is 2.23 bits per heavy atom. The number of rotatable bonds is 7. The van der Waals surface area contributed by atoms with Crippen molar-refractivity contribution in [1.29, 1.82) is 0 Å².